The van der Waals surface area contributed by atoms with Gasteiger partial charge in [0.1, 0.15) is 16.8 Å². The van der Waals surface area contributed by atoms with Gasteiger partial charge in [-0.15, -0.1) is 0 Å². The number of para-hydroxylation sites is 2. The molecule has 22 heavy (non-hydrogen) atoms. The summed E-state index contributed by atoms with van der Waals surface area (Å²) >= 11 is 5.23. The lowest BCUT2D eigenvalue weighted by Gasteiger charge is -2.21. The number of oxazole rings is 1. The maximum atomic E-state index is 11.1. The third kappa shape index (κ3) is 2.21. The topological polar surface area (TPSA) is 78.8 Å². The predicted molar refractivity (Wildman–Crippen MR) is 83.9 cm³/mol. The average Bonchev–Trinajstić information content (AvgIpc) is 2.82. The Morgan fingerprint density at radius 2 is 2.00 bits per heavy atom. The van der Waals surface area contributed by atoms with Crippen molar-refractivity contribution in [2.24, 2.45) is 0 Å². The highest BCUT2D eigenvalue weighted by Crippen LogP contribution is 2.26. The van der Waals surface area contributed by atoms with Crippen LogP contribution in [0.3, 0.4) is 0 Å². The highest BCUT2D eigenvalue weighted by atomic mass is 32.1. The number of carboxylic acids is 1. The Morgan fingerprint density at radius 1 is 1.27 bits per heavy atom. The molecule has 0 unspecified atom stereocenters. The SMILES string of the molecule is CN(c1ccc(O)c(C(=O)O)c1)n1c(=S)oc2ccccc21. The number of hydrogen-bond donors (Lipinski definition) is 2. The second kappa shape index (κ2) is 5.19. The Labute approximate surface area is 130 Å². The van der Waals surface area contributed by atoms with Crippen molar-refractivity contribution in [2.75, 3.05) is 12.1 Å². The van der Waals surface area contributed by atoms with Crippen LogP contribution < -0.4 is 5.01 Å². The summed E-state index contributed by atoms with van der Waals surface area (Å²) in [5.41, 5.74) is 1.78. The van der Waals surface area contributed by atoms with Gasteiger partial charge in [-0.3, -0.25) is 5.01 Å². The maximum Gasteiger partial charge on any atom is 0.339 e. The third-order valence-electron chi connectivity index (χ3n) is 3.35. The van der Waals surface area contributed by atoms with Crippen molar-refractivity contribution in [1.29, 1.82) is 0 Å². The lowest BCUT2D eigenvalue weighted by Crippen LogP contribution is -2.24. The third-order valence-corrected chi connectivity index (χ3v) is 3.60. The smallest absolute Gasteiger partial charge is 0.339 e. The number of nitrogens with zero attached hydrogens (tertiary/aromatic N) is 2. The predicted octanol–water partition coefficient (Wildman–Crippen LogP) is 3.27. The van der Waals surface area contributed by atoms with E-state index >= 15 is 0 Å². The molecule has 6 nitrogen and oxygen atoms in total. The molecule has 0 fully saturated rings. The molecule has 0 atom stereocenters. The molecule has 7 heteroatoms. The highest BCUT2D eigenvalue weighted by molar-refractivity contribution is 7.71. The lowest BCUT2D eigenvalue weighted by atomic mass is 10.2. The summed E-state index contributed by atoms with van der Waals surface area (Å²) < 4.78 is 7.17. The molecule has 0 saturated heterocycles. The van der Waals surface area contributed by atoms with Crippen LogP contribution in [0.25, 0.3) is 11.1 Å². The van der Waals surface area contributed by atoms with Crippen molar-refractivity contribution >= 4 is 35.0 Å². The molecule has 2 aromatic carbocycles. The number of phenols is 1. The number of benzene rings is 2. The zero-order valence-corrected chi connectivity index (χ0v) is 12.4. The van der Waals surface area contributed by atoms with Gasteiger partial charge in [-0.2, -0.15) is 0 Å². The fourth-order valence-corrected chi connectivity index (χ4v) is 2.56. The minimum atomic E-state index is -1.20. The van der Waals surface area contributed by atoms with Gasteiger partial charge in [0.05, 0.1) is 5.69 Å². The molecule has 0 aliphatic heterocycles. The number of aromatic carboxylic acids is 1. The van der Waals surface area contributed by atoms with Crippen LogP contribution in [-0.4, -0.2) is 27.9 Å². The first kappa shape index (κ1) is 14.2. The van der Waals surface area contributed by atoms with E-state index < -0.39 is 5.97 Å². The summed E-state index contributed by atoms with van der Waals surface area (Å²) in [5.74, 6) is -1.49. The average molecular weight is 316 g/mol. The standard InChI is InChI=1S/C15H12N2O4S/c1-16(9-6-7-12(18)10(8-9)14(19)20)17-11-4-2-3-5-13(11)21-15(17)22/h2-8,18H,1H3,(H,19,20). The van der Waals surface area contributed by atoms with Gasteiger partial charge >= 0.3 is 5.97 Å². The summed E-state index contributed by atoms with van der Waals surface area (Å²) in [6.45, 7) is 0. The number of fused-ring (bicyclic) bond motifs is 1. The molecule has 1 aromatic heterocycles. The van der Waals surface area contributed by atoms with E-state index in [0.717, 1.165) is 5.52 Å². The number of anilines is 1. The second-order valence-corrected chi connectivity index (χ2v) is 5.03. The molecule has 0 spiro atoms. The number of rotatable bonds is 3. The van der Waals surface area contributed by atoms with Gasteiger partial charge in [-0.1, -0.05) is 12.1 Å². The summed E-state index contributed by atoms with van der Waals surface area (Å²) in [5, 5.41) is 20.4. The molecule has 1 heterocycles. The summed E-state index contributed by atoms with van der Waals surface area (Å²) in [4.78, 5) is 11.4. The van der Waals surface area contributed by atoms with Crippen LogP contribution in [-0.2, 0) is 0 Å². The number of aromatic nitrogens is 1. The fraction of sp³-hybridized carbons (Fsp3) is 0.0667. The molecule has 0 bridgehead atoms. The van der Waals surface area contributed by atoms with Gasteiger partial charge in [0.2, 0.25) is 0 Å². The number of carboxylic acid groups (broad SMARTS) is 1. The van der Waals surface area contributed by atoms with Crippen LogP contribution in [0, 0.1) is 4.84 Å². The molecule has 112 valence electrons. The Balaban J connectivity index is 2.16. The number of hydrogen-bond acceptors (Lipinski definition) is 5. The van der Waals surface area contributed by atoms with Gasteiger partial charge in [0, 0.05) is 7.05 Å². The first-order valence-electron chi connectivity index (χ1n) is 6.40. The Hall–Kier alpha value is -2.80. The van der Waals surface area contributed by atoms with Gasteiger partial charge in [0.25, 0.3) is 4.84 Å². The van der Waals surface area contributed by atoms with E-state index in [1.165, 1.54) is 12.1 Å². The van der Waals surface area contributed by atoms with Crippen molar-refractivity contribution in [3.63, 3.8) is 0 Å². The molecule has 0 aliphatic carbocycles. The first-order valence-corrected chi connectivity index (χ1v) is 6.81. The normalized spacial score (nSPS) is 10.8. The molecule has 0 aliphatic rings. The van der Waals surface area contributed by atoms with Crippen LogP contribution >= 0.6 is 12.2 Å². The quantitative estimate of drug-likeness (QED) is 0.722. The maximum absolute atomic E-state index is 11.1. The number of aromatic hydroxyl groups is 1. The van der Waals surface area contributed by atoms with Crippen molar-refractivity contribution in [1.82, 2.24) is 4.68 Å². The Bertz CT molecular complexity index is 929. The molecule has 0 amide bonds. The van der Waals surface area contributed by atoms with Crippen molar-refractivity contribution < 1.29 is 19.4 Å². The number of carbonyl (C=O) groups is 1. The fourth-order valence-electron chi connectivity index (χ4n) is 2.25. The van der Waals surface area contributed by atoms with Gasteiger partial charge in [-0.05, 0) is 42.5 Å². The van der Waals surface area contributed by atoms with Crippen LogP contribution in [0.15, 0.2) is 46.9 Å². The zero-order valence-electron chi connectivity index (χ0n) is 11.6. The minimum absolute atomic E-state index is 0.177. The molecule has 0 saturated carbocycles. The Kier molecular flexibility index (Phi) is 3.34. The summed E-state index contributed by atoms with van der Waals surface area (Å²) in [6, 6.07) is 11.7. The minimum Gasteiger partial charge on any atom is -0.507 e. The van der Waals surface area contributed by atoms with Crippen molar-refractivity contribution in [3.05, 3.63) is 52.9 Å². The molecule has 3 aromatic rings. The highest BCUT2D eigenvalue weighted by Gasteiger charge is 2.15. The van der Waals surface area contributed by atoms with Crippen LogP contribution in [0.5, 0.6) is 5.75 Å². The van der Waals surface area contributed by atoms with Crippen LogP contribution in [0.4, 0.5) is 5.69 Å². The molecule has 3 rings (SSSR count). The van der Waals surface area contributed by atoms with E-state index in [9.17, 15) is 9.90 Å². The first-order chi connectivity index (χ1) is 10.5. The van der Waals surface area contributed by atoms with E-state index in [4.69, 9.17) is 21.7 Å². The largest absolute Gasteiger partial charge is 0.507 e. The van der Waals surface area contributed by atoms with Gasteiger partial charge in [0.15, 0.2) is 5.58 Å². The van der Waals surface area contributed by atoms with E-state index in [-0.39, 0.29) is 16.2 Å². The molecular weight excluding hydrogens is 304 g/mol. The summed E-state index contributed by atoms with van der Waals surface area (Å²) in [6.07, 6.45) is 0. The van der Waals surface area contributed by atoms with Crippen molar-refractivity contribution in [3.8, 4) is 5.75 Å². The molecule has 2 N–H and O–H groups in total. The van der Waals surface area contributed by atoms with E-state index in [1.807, 2.05) is 18.2 Å². The van der Waals surface area contributed by atoms with E-state index in [2.05, 4.69) is 0 Å². The molecule has 0 radical (unpaired) electrons. The zero-order chi connectivity index (χ0) is 15.9. The van der Waals surface area contributed by atoms with E-state index in [0.29, 0.717) is 11.3 Å². The Morgan fingerprint density at radius 3 is 2.73 bits per heavy atom. The van der Waals surface area contributed by atoms with Crippen LogP contribution in [0.1, 0.15) is 10.4 Å². The van der Waals surface area contributed by atoms with Crippen molar-refractivity contribution in [2.45, 2.75) is 0 Å². The van der Waals surface area contributed by atoms with Gasteiger partial charge in [-0.25, -0.2) is 9.47 Å². The van der Waals surface area contributed by atoms with Gasteiger partial charge < -0.3 is 14.6 Å². The molecular formula is C15H12N2O4S. The van der Waals surface area contributed by atoms with E-state index in [1.54, 1.807) is 28.9 Å². The monoisotopic (exact) mass is 316 g/mol. The second-order valence-electron chi connectivity index (χ2n) is 4.68. The van der Waals surface area contributed by atoms with Crippen LogP contribution in [0.2, 0.25) is 0 Å². The lowest BCUT2D eigenvalue weighted by molar-refractivity contribution is 0.0694. The summed E-state index contributed by atoms with van der Waals surface area (Å²) in [7, 11) is 1.73.